The Labute approximate surface area is 125 Å². The number of halogens is 2. The van der Waals surface area contributed by atoms with Crippen LogP contribution >= 0.6 is 15.9 Å². The first kappa shape index (κ1) is 14.7. The lowest BCUT2D eigenvalue weighted by Crippen LogP contribution is -2.04. The molecule has 1 aromatic carbocycles. The van der Waals surface area contributed by atoms with E-state index in [2.05, 4.69) is 38.1 Å². The molecule has 0 bridgehead atoms. The number of benzene rings is 1. The molecule has 2 aromatic rings. The summed E-state index contributed by atoms with van der Waals surface area (Å²) in [4.78, 5) is 7.84. The van der Waals surface area contributed by atoms with E-state index in [4.69, 9.17) is 4.74 Å². The third-order valence-corrected chi connectivity index (χ3v) is 3.09. The minimum atomic E-state index is -0.518. The van der Waals surface area contributed by atoms with E-state index in [1.165, 1.54) is 0 Å². The summed E-state index contributed by atoms with van der Waals surface area (Å²) in [6, 6.07) is 7.55. The summed E-state index contributed by atoms with van der Waals surface area (Å²) in [5.41, 5.74) is 0.741. The van der Waals surface area contributed by atoms with Crippen LogP contribution in [-0.4, -0.2) is 16.6 Å². The Kier molecular flexibility index (Phi) is 5.29. The van der Waals surface area contributed by atoms with E-state index in [-0.39, 0.29) is 11.8 Å². The van der Waals surface area contributed by atoms with Crippen LogP contribution in [0.5, 0.6) is 6.01 Å². The molecule has 2 rings (SSSR count). The Morgan fingerprint density at radius 3 is 2.75 bits per heavy atom. The van der Waals surface area contributed by atoms with Gasteiger partial charge in [-0.1, -0.05) is 29.3 Å². The molecule has 0 saturated heterocycles. The van der Waals surface area contributed by atoms with E-state index >= 15 is 0 Å². The summed E-state index contributed by atoms with van der Waals surface area (Å²) in [5, 5.41) is 2.90. The van der Waals surface area contributed by atoms with Crippen LogP contribution in [0, 0.1) is 5.82 Å². The normalized spacial score (nSPS) is 10.3. The Bertz CT molecular complexity index is 563. The first-order valence-electron chi connectivity index (χ1n) is 6.37. The maximum atomic E-state index is 13.7. The summed E-state index contributed by atoms with van der Waals surface area (Å²) in [6.07, 6.45) is 3.04. The maximum absolute atomic E-state index is 13.7. The first-order chi connectivity index (χ1) is 9.69. The molecule has 4 nitrogen and oxygen atoms in total. The van der Waals surface area contributed by atoms with Crippen molar-refractivity contribution in [2.45, 2.75) is 19.8 Å². The van der Waals surface area contributed by atoms with Crippen molar-refractivity contribution in [2.24, 2.45) is 0 Å². The molecule has 0 aliphatic rings. The Hall–Kier alpha value is -1.69. The number of anilines is 2. The lowest BCUT2D eigenvalue weighted by molar-refractivity contribution is 0.284. The predicted molar refractivity (Wildman–Crippen MR) is 79.8 cm³/mol. The Balaban J connectivity index is 2.09. The average molecular weight is 340 g/mol. The zero-order valence-corrected chi connectivity index (χ0v) is 12.7. The fourth-order valence-corrected chi connectivity index (χ4v) is 1.75. The molecule has 0 fully saturated rings. The summed E-state index contributed by atoms with van der Waals surface area (Å²) in [5.74, 6) is -0.412. The lowest BCUT2D eigenvalue weighted by atomic mass is 10.3. The van der Waals surface area contributed by atoms with Gasteiger partial charge in [0.1, 0.15) is 0 Å². The van der Waals surface area contributed by atoms with Gasteiger partial charge >= 0.3 is 6.01 Å². The van der Waals surface area contributed by atoms with Crippen LogP contribution in [0.3, 0.4) is 0 Å². The zero-order chi connectivity index (χ0) is 14.4. The third-order valence-electron chi connectivity index (χ3n) is 2.56. The second kappa shape index (κ2) is 7.19. The van der Waals surface area contributed by atoms with E-state index in [0.717, 1.165) is 29.2 Å². The molecule has 0 saturated carbocycles. The molecule has 6 heteroatoms. The molecule has 1 aromatic heterocycles. The third kappa shape index (κ3) is 4.16. The fourth-order valence-electron chi connectivity index (χ4n) is 1.49. The molecule has 0 radical (unpaired) electrons. The van der Waals surface area contributed by atoms with Gasteiger partial charge in [0.05, 0.1) is 12.8 Å². The number of hydrogen-bond acceptors (Lipinski definition) is 4. The van der Waals surface area contributed by atoms with Crippen LogP contribution in [0.25, 0.3) is 0 Å². The molecule has 106 valence electrons. The minimum absolute atomic E-state index is 0.105. The molecule has 20 heavy (non-hydrogen) atoms. The van der Waals surface area contributed by atoms with Crippen molar-refractivity contribution in [3.63, 3.8) is 0 Å². The standard InChI is InChI=1S/C14H15BrFN3O/c1-2-3-8-20-14-17-9-12(16)13(19-14)18-11-6-4-10(15)5-7-11/h4-7,9H,2-3,8H2,1H3,(H,17,18,19). The van der Waals surface area contributed by atoms with Gasteiger partial charge in [-0.2, -0.15) is 4.98 Å². The smallest absolute Gasteiger partial charge is 0.318 e. The lowest BCUT2D eigenvalue weighted by Gasteiger charge is -2.08. The molecule has 1 N–H and O–H groups in total. The van der Waals surface area contributed by atoms with Crippen molar-refractivity contribution < 1.29 is 9.13 Å². The SMILES string of the molecule is CCCCOc1ncc(F)c(Nc2ccc(Br)cc2)n1. The second-order valence-electron chi connectivity index (χ2n) is 4.18. The number of ether oxygens (including phenoxy) is 1. The molecule has 0 spiro atoms. The highest BCUT2D eigenvalue weighted by molar-refractivity contribution is 9.10. The maximum Gasteiger partial charge on any atom is 0.318 e. The summed E-state index contributed by atoms with van der Waals surface area (Å²) < 4.78 is 20.0. The Morgan fingerprint density at radius 1 is 1.30 bits per heavy atom. The van der Waals surface area contributed by atoms with Gasteiger partial charge in [-0.15, -0.1) is 0 Å². The second-order valence-corrected chi connectivity index (χ2v) is 5.10. The number of nitrogens with one attached hydrogen (secondary N) is 1. The molecule has 1 heterocycles. The highest BCUT2D eigenvalue weighted by Gasteiger charge is 2.08. The minimum Gasteiger partial charge on any atom is -0.463 e. The van der Waals surface area contributed by atoms with E-state index in [1.807, 2.05) is 24.3 Å². The van der Waals surface area contributed by atoms with Gasteiger partial charge in [0.25, 0.3) is 0 Å². The Morgan fingerprint density at radius 2 is 2.05 bits per heavy atom. The van der Waals surface area contributed by atoms with Crippen LogP contribution < -0.4 is 10.1 Å². The number of nitrogens with zero attached hydrogens (tertiary/aromatic N) is 2. The van der Waals surface area contributed by atoms with Gasteiger partial charge in [0.2, 0.25) is 0 Å². The molecular formula is C14H15BrFN3O. The number of unbranched alkanes of at least 4 members (excludes halogenated alkanes) is 1. The van der Waals surface area contributed by atoms with Crippen molar-refractivity contribution in [3.8, 4) is 6.01 Å². The van der Waals surface area contributed by atoms with Gasteiger partial charge in [-0.05, 0) is 30.7 Å². The van der Waals surface area contributed by atoms with Crippen LogP contribution in [0.4, 0.5) is 15.9 Å². The molecule has 0 unspecified atom stereocenters. The molecular weight excluding hydrogens is 325 g/mol. The van der Waals surface area contributed by atoms with E-state index in [9.17, 15) is 4.39 Å². The van der Waals surface area contributed by atoms with Gasteiger partial charge in [-0.3, -0.25) is 0 Å². The average Bonchev–Trinajstić information content (AvgIpc) is 2.45. The topological polar surface area (TPSA) is 47.0 Å². The van der Waals surface area contributed by atoms with Crippen LogP contribution in [0.1, 0.15) is 19.8 Å². The largest absolute Gasteiger partial charge is 0.463 e. The monoisotopic (exact) mass is 339 g/mol. The molecule has 0 amide bonds. The molecule has 0 aliphatic heterocycles. The number of aromatic nitrogens is 2. The van der Waals surface area contributed by atoms with Crippen molar-refractivity contribution in [3.05, 3.63) is 40.8 Å². The van der Waals surface area contributed by atoms with Crippen LogP contribution in [-0.2, 0) is 0 Å². The molecule has 0 atom stereocenters. The van der Waals surface area contributed by atoms with Crippen molar-refractivity contribution in [1.82, 2.24) is 9.97 Å². The quantitative estimate of drug-likeness (QED) is 0.797. The van der Waals surface area contributed by atoms with E-state index in [0.29, 0.717) is 6.61 Å². The van der Waals surface area contributed by atoms with Crippen molar-refractivity contribution in [1.29, 1.82) is 0 Å². The fraction of sp³-hybridized carbons (Fsp3) is 0.286. The van der Waals surface area contributed by atoms with Crippen LogP contribution in [0.2, 0.25) is 0 Å². The number of rotatable bonds is 6. The highest BCUT2D eigenvalue weighted by Crippen LogP contribution is 2.21. The van der Waals surface area contributed by atoms with E-state index in [1.54, 1.807) is 0 Å². The van der Waals surface area contributed by atoms with Gasteiger partial charge < -0.3 is 10.1 Å². The van der Waals surface area contributed by atoms with Crippen molar-refractivity contribution in [2.75, 3.05) is 11.9 Å². The van der Waals surface area contributed by atoms with Crippen LogP contribution in [0.15, 0.2) is 34.9 Å². The van der Waals surface area contributed by atoms with Gasteiger partial charge in [0, 0.05) is 10.2 Å². The molecule has 0 aliphatic carbocycles. The first-order valence-corrected chi connectivity index (χ1v) is 7.16. The summed E-state index contributed by atoms with van der Waals surface area (Å²) in [6.45, 7) is 2.59. The van der Waals surface area contributed by atoms with Gasteiger partial charge in [0.15, 0.2) is 11.6 Å². The zero-order valence-electron chi connectivity index (χ0n) is 11.1. The summed E-state index contributed by atoms with van der Waals surface area (Å²) >= 11 is 3.34. The summed E-state index contributed by atoms with van der Waals surface area (Å²) in [7, 11) is 0. The highest BCUT2D eigenvalue weighted by atomic mass is 79.9. The van der Waals surface area contributed by atoms with Crippen molar-refractivity contribution >= 4 is 27.4 Å². The van der Waals surface area contributed by atoms with Gasteiger partial charge in [-0.25, -0.2) is 9.37 Å². The van der Waals surface area contributed by atoms with E-state index < -0.39 is 5.82 Å². The predicted octanol–water partition coefficient (Wildman–Crippen LogP) is 4.30. The number of hydrogen-bond donors (Lipinski definition) is 1.